The van der Waals surface area contributed by atoms with E-state index in [1.807, 2.05) is 0 Å². The van der Waals surface area contributed by atoms with Crippen LogP contribution in [0.3, 0.4) is 0 Å². The third kappa shape index (κ3) is 3.74. The molecule has 8 heteroatoms. The number of aliphatic hydroxyl groups is 1. The maximum Gasteiger partial charge on any atom is 0.336 e. The zero-order chi connectivity index (χ0) is 18.6. The van der Waals surface area contributed by atoms with Crippen LogP contribution in [0.1, 0.15) is 11.7 Å². The van der Waals surface area contributed by atoms with E-state index in [0.717, 1.165) is 25.8 Å². The molecule has 132 valence electrons. The molecule has 0 aliphatic carbocycles. The molecule has 0 aliphatic heterocycles. The number of nitrogens with zero attached hydrogens (tertiary/aromatic N) is 3. The molecule has 2 aromatic rings. The molecule has 0 saturated heterocycles. The zero-order valence-corrected chi connectivity index (χ0v) is 13.5. The lowest BCUT2D eigenvalue weighted by Gasteiger charge is -2.15. The summed E-state index contributed by atoms with van der Waals surface area (Å²) in [6, 6.07) is 5.03. The molecule has 1 unspecified atom stereocenters. The van der Waals surface area contributed by atoms with E-state index in [4.69, 9.17) is 0 Å². The molecule has 0 amide bonds. The fraction of sp³-hybridized carbons (Fsp3) is 0.235. The Balaban J connectivity index is 2.56. The van der Waals surface area contributed by atoms with Crippen molar-refractivity contribution in [3.05, 3.63) is 92.4 Å². The largest absolute Gasteiger partial charge is 0.387 e. The molecule has 1 heterocycles. The summed E-state index contributed by atoms with van der Waals surface area (Å²) < 4.78 is 15.4. The molecule has 0 bridgehead atoms. The van der Waals surface area contributed by atoms with E-state index in [9.17, 15) is 23.9 Å². The van der Waals surface area contributed by atoms with Crippen molar-refractivity contribution in [3.63, 3.8) is 0 Å². The van der Waals surface area contributed by atoms with Gasteiger partial charge in [-0.05, 0) is 17.7 Å². The van der Waals surface area contributed by atoms with Gasteiger partial charge in [0.25, 0.3) is 0 Å². The van der Waals surface area contributed by atoms with Gasteiger partial charge in [0.05, 0.1) is 25.7 Å². The summed E-state index contributed by atoms with van der Waals surface area (Å²) >= 11 is 0. The van der Waals surface area contributed by atoms with Crippen LogP contribution in [-0.2, 0) is 19.6 Å². The minimum atomic E-state index is -1.22. The predicted octanol–water partition coefficient (Wildman–Crippen LogP) is 0.416. The SMILES string of the molecule is C=CCn1c(=O)n(CC=C)c(=O)n(CC(O)c2ccc(F)cc2)c1=O. The predicted molar refractivity (Wildman–Crippen MR) is 91.0 cm³/mol. The number of hydrogen-bond donors (Lipinski definition) is 1. The van der Waals surface area contributed by atoms with Gasteiger partial charge in [-0.2, -0.15) is 0 Å². The topological polar surface area (TPSA) is 86.2 Å². The summed E-state index contributed by atoms with van der Waals surface area (Å²) in [5.41, 5.74) is -2.14. The molecular weight excluding hydrogens is 329 g/mol. The van der Waals surface area contributed by atoms with Crippen molar-refractivity contribution in [2.24, 2.45) is 0 Å². The van der Waals surface area contributed by atoms with Gasteiger partial charge >= 0.3 is 17.1 Å². The maximum atomic E-state index is 13.0. The van der Waals surface area contributed by atoms with Crippen molar-refractivity contribution in [3.8, 4) is 0 Å². The number of aromatic nitrogens is 3. The quantitative estimate of drug-likeness (QED) is 0.736. The fourth-order valence-electron chi connectivity index (χ4n) is 2.37. The van der Waals surface area contributed by atoms with Crippen LogP contribution in [0, 0.1) is 5.82 Å². The van der Waals surface area contributed by atoms with Gasteiger partial charge in [-0.25, -0.2) is 32.5 Å². The molecule has 0 aliphatic rings. The highest BCUT2D eigenvalue weighted by molar-refractivity contribution is 5.18. The molecule has 0 fully saturated rings. The van der Waals surface area contributed by atoms with Crippen LogP contribution in [0.5, 0.6) is 0 Å². The van der Waals surface area contributed by atoms with Crippen molar-refractivity contribution < 1.29 is 9.50 Å². The fourth-order valence-corrected chi connectivity index (χ4v) is 2.37. The highest BCUT2D eigenvalue weighted by Crippen LogP contribution is 2.14. The van der Waals surface area contributed by atoms with E-state index < -0.39 is 29.0 Å². The summed E-state index contributed by atoms with van der Waals surface area (Å²) in [4.78, 5) is 37.1. The van der Waals surface area contributed by atoms with Gasteiger partial charge in [0, 0.05) is 0 Å². The Kier molecular flexibility index (Phi) is 5.66. The second-order valence-electron chi connectivity index (χ2n) is 5.32. The van der Waals surface area contributed by atoms with Crippen LogP contribution in [0.25, 0.3) is 0 Å². The third-order valence-corrected chi connectivity index (χ3v) is 3.62. The molecule has 1 aromatic heterocycles. The highest BCUT2D eigenvalue weighted by atomic mass is 19.1. The van der Waals surface area contributed by atoms with Crippen LogP contribution < -0.4 is 17.1 Å². The second-order valence-corrected chi connectivity index (χ2v) is 5.32. The Morgan fingerprint density at radius 3 is 1.80 bits per heavy atom. The number of rotatable bonds is 7. The first-order valence-corrected chi connectivity index (χ1v) is 7.50. The molecule has 0 radical (unpaired) electrons. The molecule has 2 rings (SSSR count). The number of hydrogen-bond acceptors (Lipinski definition) is 4. The van der Waals surface area contributed by atoms with Gasteiger partial charge in [0.1, 0.15) is 5.82 Å². The van der Waals surface area contributed by atoms with E-state index >= 15 is 0 Å². The molecule has 0 spiro atoms. The van der Waals surface area contributed by atoms with Gasteiger partial charge in [-0.3, -0.25) is 0 Å². The molecule has 25 heavy (non-hydrogen) atoms. The molecule has 7 nitrogen and oxygen atoms in total. The lowest BCUT2D eigenvalue weighted by Crippen LogP contribution is -2.54. The van der Waals surface area contributed by atoms with Crippen molar-refractivity contribution >= 4 is 0 Å². The lowest BCUT2D eigenvalue weighted by atomic mass is 10.1. The van der Waals surface area contributed by atoms with Crippen molar-refractivity contribution in [1.29, 1.82) is 0 Å². The number of allylic oxidation sites excluding steroid dienone is 2. The molecular formula is C17H18FN3O4. The Morgan fingerprint density at radius 2 is 1.36 bits per heavy atom. The average molecular weight is 347 g/mol. The smallest absolute Gasteiger partial charge is 0.336 e. The van der Waals surface area contributed by atoms with Gasteiger partial charge < -0.3 is 5.11 Å². The van der Waals surface area contributed by atoms with Crippen molar-refractivity contribution in [1.82, 2.24) is 13.7 Å². The molecule has 1 atom stereocenters. The Labute approximate surface area is 142 Å². The monoisotopic (exact) mass is 347 g/mol. The number of benzene rings is 1. The van der Waals surface area contributed by atoms with E-state index in [1.165, 1.54) is 24.3 Å². The summed E-state index contributed by atoms with van der Waals surface area (Å²) in [6.45, 7) is 6.42. The second kappa shape index (κ2) is 7.71. The Bertz CT molecular complexity index is 906. The van der Waals surface area contributed by atoms with Gasteiger partial charge in [0.15, 0.2) is 0 Å². The van der Waals surface area contributed by atoms with E-state index in [2.05, 4.69) is 13.2 Å². The summed E-state index contributed by atoms with van der Waals surface area (Å²) in [5.74, 6) is -0.471. The summed E-state index contributed by atoms with van der Waals surface area (Å²) in [6.07, 6.45) is 1.48. The van der Waals surface area contributed by atoms with Crippen LogP contribution in [0.2, 0.25) is 0 Å². The van der Waals surface area contributed by atoms with Crippen molar-refractivity contribution in [2.45, 2.75) is 25.7 Å². The number of halogens is 1. The first-order chi connectivity index (χ1) is 11.9. The standard InChI is InChI=1S/C17H18FN3O4/c1-3-9-19-15(23)20(10-4-2)17(25)21(16(19)24)11-14(22)12-5-7-13(18)8-6-12/h3-8,14,22H,1-2,9-11H2. The zero-order valence-electron chi connectivity index (χ0n) is 13.5. The molecule has 1 N–H and O–H groups in total. The first-order valence-electron chi connectivity index (χ1n) is 7.50. The van der Waals surface area contributed by atoms with Crippen LogP contribution in [0.15, 0.2) is 64.0 Å². The van der Waals surface area contributed by atoms with E-state index in [0.29, 0.717) is 5.56 Å². The lowest BCUT2D eigenvalue weighted by molar-refractivity contribution is 0.150. The Morgan fingerprint density at radius 1 is 0.920 bits per heavy atom. The highest BCUT2D eigenvalue weighted by Gasteiger charge is 2.17. The first kappa shape index (κ1) is 18.3. The minimum absolute atomic E-state index is 0.0816. The van der Waals surface area contributed by atoms with E-state index in [1.54, 1.807) is 0 Å². The molecule has 1 aromatic carbocycles. The third-order valence-electron chi connectivity index (χ3n) is 3.62. The maximum absolute atomic E-state index is 13.0. The van der Waals surface area contributed by atoms with Crippen LogP contribution in [0.4, 0.5) is 4.39 Å². The molecule has 0 saturated carbocycles. The van der Waals surface area contributed by atoms with Gasteiger partial charge in [-0.15, -0.1) is 13.2 Å². The van der Waals surface area contributed by atoms with Crippen molar-refractivity contribution in [2.75, 3.05) is 0 Å². The average Bonchev–Trinajstić information content (AvgIpc) is 2.60. The van der Waals surface area contributed by atoms with Gasteiger partial charge in [0.2, 0.25) is 0 Å². The minimum Gasteiger partial charge on any atom is -0.387 e. The van der Waals surface area contributed by atoms with Crippen LogP contribution in [-0.4, -0.2) is 18.8 Å². The Hall–Kier alpha value is -3.00. The summed E-state index contributed by atoms with van der Waals surface area (Å²) in [5, 5.41) is 10.3. The van der Waals surface area contributed by atoms with Gasteiger partial charge in [-0.1, -0.05) is 24.3 Å². The van der Waals surface area contributed by atoms with Crippen LogP contribution >= 0.6 is 0 Å². The summed E-state index contributed by atoms with van der Waals surface area (Å²) in [7, 11) is 0. The van der Waals surface area contributed by atoms with E-state index in [-0.39, 0.29) is 19.6 Å². The number of aliphatic hydroxyl groups excluding tert-OH is 1. The normalized spacial score (nSPS) is 11.9.